The van der Waals surface area contributed by atoms with Crippen LogP contribution in [0, 0.1) is 0 Å². The van der Waals surface area contributed by atoms with Crippen molar-refractivity contribution in [1.82, 2.24) is 4.90 Å². The molecule has 0 aromatic heterocycles. The first-order chi connectivity index (χ1) is 10.7. The van der Waals surface area contributed by atoms with Crippen LogP contribution in [0.5, 0.6) is 0 Å². The SMILES string of the molecule is O=C1Cc2cc(C(=O)N3CCc4ccccc4C3)ccc2N1. The Morgan fingerprint density at radius 1 is 1.05 bits per heavy atom. The third kappa shape index (κ3) is 2.17. The van der Waals surface area contributed by atoms with Crippen LogP contribution in [-0.2, 0) is 24.2 Å². The molecule has 4 nitrogen and oxygen atoms in total. The lowest BCUT2D eigenvalue weighted by Crippen LogP contribution is -2.35. The minimum absolute atomic E-state index is 0.00787. The van der Waals surface area contributed by atoms with E-state index >= 15 is 0 Å². The first-order valence-electron chi connectivity index (χ1n) is 7.49. The summed E-state index contributed by atoms with van der Waals surface area (Å²) >= 11 is 0. The monoisotopic (exact) mass is 292 g/mol. The molecule has 0 radical (unpaired) electrons. The van der Waals surface area contributed by atoms with Crippen molar-refractivity contribution in [3.63, 3.8) is 0 Å². The van der Waals surface area contributed by atoms with Gasteiger partial charge in [0.05, 0.1) is 6.42 Å². The highest BCUT2D eigenvalue weighted by atomic mass is 16.2. The van der Waals surface area contributed by atoms with Gasteiger partial charge in [0.2, 0.25) is 5.91 Å². The van der Waals surface area contributed by atoms with E-state index in [9.17, 15) is 9.59 Å². The van der Waals surface area contributed by atoms with E-state index in [1.807, 2.05) is 29.2 Å². The van der Waals surface area contributed by atoms with Crippen LogP contribution in [0.15, 0.2) is 42.5 Å². The zero-order valence-electron chi connectivity index (χ0n) is 12.1. The average molecular weight is 292 g/mol. The third-order valence-electron chi connectivity index (χ3n) is 4.40. The Balaban J connectivity index is 1.58. The lowest BCUT2D eigenvalue weighted by molar-refractivity contribution is -0.115. The Kier molecular flexibility index (Phi) is 2.96. The summed E-state index contributed by atoms with van der Waals surface area (Å²) in [5.74, 6) is 0.0307. The van der Waals surface area contributed by atoms with Crippen molar-refractivity contribution in [1.29, 1.82) is 0 Å². The van der Waals surface area contributed by atoms with Gasteiger partial charge in [-0.2, -0.15) is 0 Å². The van der Waals surface area contributed by atoms with Crippen molar-refractivity contribution in [2.24, 2.45) is 0 Å². The highest BCUT2D eigenvalue weighted by Gasteiger charge is 2.24. The van der Waals surface area contributed by atoms with Crippen LogP contribution >= 0.6 is 0 Å². The van der Waals surface area contributed by atoms with Gasteiger partial charge in [-0.25, -0.2) is 0 Å². The van der Waals surface area contributed by atoms with Gasteiger partial charge in [-0.15, -0.1) is 0 Å². The molecule has 110 valence electrons. The topological polar surface area (TPSA) is 49.4 Å². The summed E-state index contributed by atoms with van der Waals surface area (Å²) in [7, 11) is 0. The van der Waals surface area contributed by atoms with E-state index < -0.39 is 0 Å². The zero-order valence-corrected chi connectivity index (χ0v) is 12.1. The molecule has 0 saturated carbocycles. The summed E-state index contributed by atoms with van der Waals surface area (Å²) in [6.07, 6.45) is 1.26. The number of amides is 2. The Morgan fingerprint density at radius 3 is 2.73 bits per heavy atom. The Labute approximate surface area is 128 Å². The van der Waals surface area contributed by atoms with Crippen molar-refractivity contribution in [3.8, 4) is 0 Å². The molecule has 22 heavy (non-hydrogen) atoms. The minimum Gasteiger partial charge on any atom is -0.334 e. The Hall–Kier alpha value is -2.62. The number of fused-ring (bicyclic) bond motifs is 2. The molecule has 2 aliphatic rings. The van der Waals surface area contributed by atoms with Crippen molar-refractivity contribution in [3.05, 3.63) is 64.7 Å². The number of anilines is 1. The smallest absolute Gasteiger partial charge is 0.254 e. The summed E-state index contributed by atoms with van der Waals surface area (Å²) in [6, 6.07) is 13.7. The molecule has 2 heterocycles. The van der Waals surface area contributed by atoms with Crippen LogP contribution in [-0.4, -0.2) is 23.3 Å². The van der Waals surface area contributed by atoms with Gasteiger partial charge in [-0.1, -0.05) is 24.3 Å². The van der Waals surface area contributed by atoms with Crippen LogP contribution < -0.4 is 5.32 Å². The second-order valence-corrected chi connectivity index (χ2v) is 5.84. The third-order valence-corrected chi connectivity index (χ3v) is 4.40. The fourth-order valence-electron chi connectivity index (χ4n) is 3.21. The molecule has 0 atom stereocenters. The van der Waals surface area contributed by atoms with E-state index in [4.69, 9.17) is 0 Å². The average Bonchev–Trinajstić information content (AvgIpc) is 2.92. The summed E-state index contributed by atoms with van der Waals surface area (Å²) in [4.78, 5) is 26.0. The normalized spacial score (nSPS) is 16.0. The van der Waals surface area contributed by atoms with Crippen LogP contribution in [0.1, 0.15) is 27.0 Å². The summed E-state index contributed by atoms with van der Waals surface area (Å²) in [6.45, 7) is 1.40. The molecule has 0 saturated heterocycles. The maximum absolute atomic E-state index is 12.7. The fourth-order valence-corrected chi connectivity index (χ4v) is 3.21. The molecule has 2 aromatic rings. The van der Waals surface area contributed by atoms with E-state index in [0.717, 1.165) is 24.2 Å². The number of rotatable bonds is 1. The zero-order chi connectivity index (χ0) is 15.1. The second-order valence-electron chi connectivity index (χ2n) is 5.84. The second kappa shape index (κ2) is 4.98. The van der Waals surface area contributed by atoms with Crippen LogP contribution in [0.4, 0.5) is 5.69 Å². The summed E-state index contributed by atoms with van der Waals surface area (Å²) in [5, 5.41) is 2.79. The Morgan fingerprint density at radius 2 is 1.86 bits per heavy atom. The highest BCUT2D eigenvalue weighted by Crippen LogP contribution is 2.26. The van der Waals surface area contributed by atoms with Gasteiger partial charge in [-0.3, -0.25) is 9.59 Å². The first-order valence-corrected chi connectivity index (χ1v) is 7.49. The molecule has 0 bridgehead atoms. The van der Waals surface area contributed by atoms with Crippen molar-refractivity contribution < 1.29 is 9.59 Å². The lowest BCUT2D eigenvalue weighted by Gasteiger charge is -2.29. The fraction of sp³-hybridized carbons (Fsp3) is 0.222. The van der Waals surface area contributed by atoms with Gasteiger partial charge < -0.3 is 10.2 Å². The largest absolute Gasteiger partial charge is 0.334 e. The molecule has 4 heteroatoms. The van der Waals surface area contributed by atoms with E-state index in [1.165, 1.54) is 11.1 Å². The maximum Gasteiger partial charge on any atom is 0.254 e. The number of carbonyl (C=O) groups is 2. The molecule has 0 aliphatic carbocycles. The quantitative estimate of drug-likeness (QED) is 0.877. The highest BCUT2D eigenvalue weighted by molar-refractivity contribution is 6.01. The van der Waals surface area contributed by atoms with Gasteiger partial charge >= 0.3 is 0 Å². The predicted molar refractivity (Wildman–Crippen MR) is 83.7 cm³/mol. The minimum atomic E-state index is -0.00787. The van der Waals surface area contributed by atoms with Gasteiger partial charge in [-0.05, 0) is 41.3 Å². The van der Waals surface area contributed by atoms with Gasteiger partial charge in [0, 0.05) is 24.3 Å². The van der Waals surface area contributed by atoms with E-state index in [0.29, 0.717) is 18.5 Å². The van der Waals surface area contributed by atoms with Crippen LogP contribution in [0.3, 0.4) is 0 Å². The maximum atomic E-state index is 12.7. The standard InChI is InChI=1S/C18H16N2O2/c21-17-10-15-9-13(5-6-16(15)19-17)18(22)20-8-7-12-3-1-2-4-14(12)11-20/h1-6,9H,7-8,10-11H2,(H,19,21). The molecule has 0 unspecified atom stereocenters. The molecule has 4 rings (SSSR count). The number of benzene rings is 2. The van der Waals surface area contributed by atoms with Crippen LogP contribution in [0.2, 0.25) is 0 Å². The van der Waals surface area contributed by atoms with Gasteiger partial charge in [0.25, 0.3) is 5.91 Å². The number of nitrogens with one attached hydrogen (secondary N) is 1. The number of hydrogen-bond donors (Lipinski definition) is 1. The Bertz CT molecular complexity index is 782. The molecule has 0 spiro atoms. The molecule has 1 N–H and O–H groups in total. The predicted octanol–water partition coefficient (Wildman–Crippen LogP) is 2.38. The molecular weight excluding hydrogens is 276 g/mol. The molecule has 2 aliphatic heterocycles. The van der Waals surface area contributed by atoms with Crippen molar-refractivity contribution in [2.75, 3.05) is 11.9 Å². The number of carbonyl (C=O) groups excluding carboxylic acids is 2. The van der Waals surface area contributed by atoms with Crippen molar-refractivity contribution in [2.45, 2.75) is 19.4 Å². The summed E-state index contributed by atoms with van der Waals surface area (Å²) < 4.78 is 0. The molecule has 2 aromatic carbocycles. The van der Waals surface area contributed by atoms with E-state index in [2.05, 4.69) is 17.4 Å². The number of hydrogen-bond acceptors (Lipinski definition) is 2. The number of nitrogens with zero attached hydrogens (tertiary/aromatic N) is 1. The van der Waals surface area contributed by atoms with Crippen LogP contribution in [0.25, 0.3) is 0 Å². The lowest BCUT2D eigenvalue weighted by atomic mass is 9.99. The first kappa shape index (κ1) is 13.1. The summed E-state index contributed by atoms with van der Waals surface area (Å²) in [5.41, 5.74) is 4.95. The van der Waals surface area contributed by atoms with Crippen molar-refractivity contribution >= 4 is 17.5 Å². The molecular formula is C18H16N2O2. The molecule has 0 fully saturated rings. The van der Waals surface area contributed by atoms with E-state index in [-0.39, 0.29) is 11.8 Å². The van der Waals surface area contributed by atoms with E-state index in [1.54, 1.807) is 6.07 Å². The van der Waals surface area contributed by atoms with Gasteiger partial charge in [0.15, 0.2) is 0 Å². The van der Waals surface area contributed by atoms with Gasteiger partial charge in [0.1, 0.15) is 0 Å². The molecule has 2 amide bonds.